The Bertz CT molecular complexity index is 831. The molecule has 0 aliphatic heterocycles. The van der Waals surface area contributed by atoms with Crippen LogP contribution in [0.5, 0.6) is 5.75 Å². The summed E-state index contributed by atoms with van der Waals surface area (Å²) in [6, 6.07) is 10.7. The standard InChI is InChI=1S/C21H26N4O2S/c1-2-11-25(12-10-18-6-4-13-28-18)17-8-9-19-16(14-17)5-3-7-20(19)27-21(26)15-23-24-22/h3-7,13,17H,2,8-12,14-15H2,1H3/t17-/m1/s1. The average Bonchev–Trinajstić information content (AvgIpc) is 3.23. The Morgan fingerprint density at radius 2 is 2.25 bits per heavy atom. The molecule has 1 aromatic heterocycles. The number of carbonyl (C=O) groups excluding carboxylic acids is 1. The lowest BCUT2D eigenvalue weighted by atomic mass is 9.86. The lowest BCUT2D eigenvalue weighted by molar-refractivity contribution is -0.132. The van der Waals surface area contributed by atoms with E-state index in [4.69, 9.17) is 10.3 Å². The predicted molar refractivity (Wildman–Crippen MR) is 112 cm³/mol. The van der Waals surface area contributed by atoms with Crippen molar-refractivity contribution >= 4 is 17.3 Å². The number of ether oxygens (including phenoxy) is 1. The zero-order valence-corrected chi connectivity index (χ0v) is 17.0. The molecule has 0 radical (unpaired) electrons. The fourth-order valence-electron chi connectivity index (χ4n) is 3.88. The number of nitrogens with zero attached hydrogens (tertiary/aromatic N) is 4. The van der Waals surface area contributed by atoms with Gasteiger partial charge in [-0.1, -0.05) is 30.2 Å². The molecule has 0 spiro atoms. The molecule has 0 amide bonds. The number of esters is 1. The van der Waals surface area contributed by atoms with Gasteiger partial charge in [0, 0.05) is 22.4 Å². The summed E-state index contributed by atoms with van der Waals surface area (Å²) in [7, 11) is 0. The Labute approximate surface area is 169 Å². The molecule has 1 aliphatic carbocycles. The monoisotopic (exact) mass is 398 g/mol. The van der Waals surface area contributed by atoms with Gasteiger partial charge in [0.1, 0.15) is 12.3 Å². The molecule has 148 valence electrons. The summed E-state index contributed by atoms with van der Waals surface area (Å²) in [6.45, 7) is 4.13. The molecule has 0 bridgehead atoms. The number of hydrogen-bond donors (Lipinski definition) is 0. The molecule has 1 atom stereocenters. The van der Waals surface area contributed by atoms with Gasteiger partial charge in [0.15, 0.2) is 0 Å². The van der Waals surface area contributed by atoms with Crippen LogP contribution in [0.1, 0.15) is 35.8 Å². The van der Waals surface area contributed by atoms with E-state index < -0.39 is 5.97 Å². The van der Waals surface area contributed by atoms with Crippen LogP contribution < -0.4 is 4.74 Å². The topological polar surface area (TPSA) is 78.3 Å². The fourth-order valence-corrected chi connectivity index (χ4v) is 4.58. The third-order valence-corrected chi connectivity index (χ3v) is 6.09. The molecular weight excluding hydrogens is 372 g/mol. The minimum atomic E-state index is -0.517. The van der Waals surface area contributed by atoms with Gasteiger partial charge in [-0.25, -0.2) is 0 Å². The molecule has 0 N–H and O–H groups in total. The molecule has 0 fully saturated rings. The number of carbonyl (C=O) groups is 1. The van der Waals surface area contributed by atoms with Crippen molar-refractivity contribution in [2.24, 2.45) is 5.11 Å². The minimum Gasteiger partial charge on any atom is -0.426 e. The maximum absolute atomic E-state index is 11.8. The van der Waals surface area contributed by atoms with Crippen molar-refractivity contribution in [3.8, 4) is 5.75 Å². The number of rotatable bonds is 9. The van der Waals surface area contributed by atoms with Crippen LogP contribution in [0.3, 0.4) is 0 Å². The van der Waals surface area contributed by atoms with Gasteiger partial charge >= 0.3 is 5.97 Å². The second-order valence-corrected chi connectivity index (χ2v) is 8.05. The largest absolute Gasteiger partial charge is 0.426 e. The Balaban J connectivity index is 1.67. The van der Waals surface area contributed by atoms with E-state index in [2.05, 4.69) is 45.4 Å². The van der Waals surface area contributed by atoms with E-state index in [1.807, 2.05) is 23.5 Å². The first-order valence-electron chi connectivity index (χ1n) is 9.80. The highest BCUT2D eigenvalue weighted by Gasteiger charge is 2.26. The van der Waals surface area contributed by atoms with Gasteiger partial charge in [0.25, 0.3) is 0 Å². The van der Waals surface area contributed by atoms with Gasteiger partial charge in [-0.2, -0.15) is 0 Å². The number of thiophene rings is 1. The van der Waals surface area contributed by atoms with Crippen LogP contribution in [-0.2, 0) is 24.1 Å². The van der Waals surface area contributed by atoms with Crippen molar-refractivity contribution in [1.82, 2.24) is 4.90 Å². The number of azide groups is 1. The van der Waals surface area contributed by atoms with Gasteiger partial charge in [0.2, 0.25) is 0 Å². The highest BCUT2D eigenvalue weighted by molar-refractivity contribution is 7.09. The lowest BCUT2D eigenvalue weighted by Gasteiger charge is -2.35. The maximum Gasteiger partial charge on any atom is 0.317 e. The molecule has 1 heterocycles. The zero-order valence-electron chi connectivity index (χ0n) is 16.2. The van der Waals surface area contributed by atoms with Crippen molar-refractivity contribution in [2.75, 3.05) is 19.6 Å². The Hall–Kier alpha value is -2.34. The molecule has 0 unspecified atom stereocenters. The number of fused-ring (bicyclic) bond motifs is 1. The van der Waals surface area contributed by atoms with Gasteiger partial charge in [0.05, 0.1) is 0 Å². The van der Waals surface area contributed by atoms with Crippen LogP contribution in [0.15, 0.2) is 40.8 Å². The summed E-state index contributed by atoms with van der Waals surface area (Å²) in [4.78, 5) is 18.5. The first-order valence-corrected chi connectivity index (χ1v) is 10.7. The highest BCUT2D eigenvalue weighted by Crippen LogP contribution is 2.32. The Morgan fingerprint density at radius 1 is 1.36 bits per heavy atom. The quantitative estimate of drug-likeness (QED) is 0.201. The first kappa shape index (κ1) is 20.4. The van der Waals surface area contributed by atoms with Crippen molar-refractivity contribution in [3.05, 3.63) is 62.2 Å². The zero-order chi connectivity index (χ0) is 19.8. The van der Waals surface area contributed by atoms with Gasteiger partial charge in [-0.05, 0) is 72.8 Å². The van der Waals surface area contributed by atoms with Crippen molar-refractivity contribution in [2.45, 2.75) is 45.1 Å². The number of hydrogen-bond acceptors (Lipinski definition) is 5. The maximum atomic E-state index is 11.8. The molecule has 1 aromatic carbocycles. The van der Waals surface area contributed by atoms with Crippen molar-refractivity contribution in [1.29, 1.82) is 0 Å². The van der Waals surface area contributed by atoms with E-state index >= 15 is 0 Å². The average molecular weight is 399 g/mol. The summed E-state index contributed by atoms with van der Waals surface area (Å²) in [5.74, 6) is 0.0894. The van der Waals surface area contributed by atoms with E-state index in [0.717, 1.165) is 50.8 Å². The van der Waals surface area contributed by atoms with E-state index in [1.165, 1.54) is 10.4 Å². The van der Waals surface area contributed by atoms with Gasteiger partial charge < -0.3 is 4.74 Å². The predicted octanol–water partition coefficient (Wildman–Crippen LogP) is 4.78. The molecule has 7 heteroatoms. The third-order valence-electron chi connectivity index (χ3n) is 5.15. The molecule has 0 saturated carbocycles. The fraction of sp³-hybridized carbons (Fsp3) is 0.476. The van der Waals surface area contributed by atoms with E-state index in [9.17, 15) is 4.79 Å². The summed E-state index contributed by atoms with van der Waals surface area (Å²) in [5.41, 5.74) is 10.7. The van der Waals surface area contributed by atoms with Crippen LogP contribution in [0.2, 0.25) is 0 Å². The molecule has 6 nitrogen and oxygen atoms in total. The molecule has 2 aromatic rings. The molecule has 3 rings (SSSR count). The van der Waals surface area contributed by atoms with Crippen molar-refractivity contribution in [3.63, 3.8) is 0 Å². The summed E-state index contributed by atoms with van der Waals surface area (Å²) in [5, 5.41) is 5.42. The lowest BCUT2D eigenvalue weighted by Crippen LogP contribution is -2.41. The Kier molecular flexibility index (Phi) is 7.48. The SMILES string of the molecule is CCCN(CCc1cccs1)[C@@H]1CCc2c(cccc2OC(=O)CN=[N+]=[N-])C1. The van der Waals surface area contributed by atoms with Crippen LogP contribution in [-0.4, -0.2) is 36.5 Å². The van der Waals surface area contributed by atoms with E-state index in [0.29, 0.717) is 11.8 Å². The summed E-state index contributed by atoms with van der Waals surface area (Å²) < 4.78 is 5.44. The normalized spacial score (nSPS) is 15.7. The first-order chi connectivity index (χ1) is 13.7. The smallest absolute Gasteiger partial charge is 0.317 e. The third kappa shape index (κ3) is 5.35. The second kappa shape index (κ2) is 10.3. The highest BCUT2D eigenvalue weighted by atomic mass is 32.1. The van der Waals surface area contributed by atoms with Gasteiger partial charge in [-0.3, -0.25) is 9.69 Å². The van der Waals surface area contributed by atoms with Gasteiger partial charge in [-0.15, -0.1) is 11.3 Å². The Morgan fingerprint density at radius 3 is 3.00 bits per heavy atom. The minimum absolute atomic E-state index is 0.282. The summed E-state index contributed by atoms with van der Waals surface area (Å²) in [6.07, 6.45) is 5.16. The summed E-state index contributed by atoms with van der Waals surface area (Å²) >= 11 is 1.83. The van der Waals surface area contributed by atoms with Crippen LogP contribution >= 0.6 is 11.3 Å². The van der Waals surface area contributed by atoms with E-state index in [1.54, 1.807) is 0 Å². The molecular formula is C21H26N4O2S. The molecule has 0 saturated heterocycles. The second-order valence-electron chi connectivity index (χ2n) is 7.02. The molecule has 28 heavy (non-hydrogen) atoms. The van der Waals surface area contributed by atoms with Crippen LogP contribution in [0.4, 0.5) is 0 Å². The van der Waals surface area contributed by atoms with Crippen LogP contribution in [0, 0.1) is 0 Å². The number of benzene rings is 1. The molecule has 1 aliphatic rings. The van der Waals surface area contributed by atoms with Crippen molar-refractivity contribution < 1.29 is 9.53 Å². The van der Waals surface area contributed by atoms with E-state index in [-0.39, 0.29) is 6.54 Å². The van der Waals surface area contributed by atoms with Crippen LogP contribution in [0.25, 0.3) is 10.4 Å².